The molecule has 0 fully saturated rings. The minimum atomic E-state index is -0.0101. The third-order valence-corrected chi connectivity index (χ3v) is 22.2. The molecule has 89 heavy (non-hydrogen) atoms. The van der Waals surface area contributed by atoms with E-state index in [1.807, 2.05) is 0 Å². The highest BCUT2D eigenvalue weighted by molar-refractivity contribution is 6.22. The molecule has 13 aromatic rings. The fraction of sp³-hybridized carbons (Fsp3) is 0.213. The smallest absolute Gasteiger partial charge is 0.0210 e. The molecule has 0 amide bonds. The first-order chi connectivity index (χ1) is 43.4. The Morgan fingerprint density at radius 2 is 0.539 bits per heavy atom. The summed E-state index contributed by atoms with van der Waals surface area (Å²) in [6.07, 6.45) is 6.62. The van der Waals surface area contributed by atoms with Gasteiger partial charge < -0.3 is 0 Å². The van der Waals surface area contributed by atoms with Crippen LogP contribution in [-0.2, 0) is 21.7 Å². The highest BCUT2D eigenvalue weighted by atomic mass is 14.5. The zero-order valence-electron chi connectivity index (χ0n) is 53.4. The van der Waals surface area contributed by atoms with Crippen LogP contribution in [0.3, 0.4) is 0 Å². The van der Waals surface area contributed by atoms with Gasteiger partial charge in [0.05, 0.1) is 0 Å². The molecular formula is C89H80. The van der Waals surface area contributed by atoms with Crippen LogP contribution in [-0.4, -0.2) is 0 Å². The molecule has 0 heterocycles. The molecule has 0 nitrogen and oxygen atoms in total. The van der Waals surface area contributed by atoms with Gasteiger partial charge in [0.2, 0.25) is 0 Å². The Bertz CT molecular complexity index is 4800. The summed E-state index contributed by atoms with van der Waals surface area (Å²) in [6, 6.07) is 94.7. The highest BCUT2D eigenvalue weighted by Gasteiger charge is 2.44. The normalized spacial score (nSPS) is 14.4. The van der Waals surface area contributed by atoms with Gasteiger partial charge in [-0.3, -0.25) is 0 Å². The first-order valence-electron chi connectivity index (χ1n) is 33.2. The topological polar surface area (TPSA) is 0 Å². The molecule has 0 N–H and O–H groups in total. The first kappa shape index (κ1) is 56.4. The monoisotopic (exact) mass is 1150 g/mol. The second-order valence-electron chi connectivity index (χ2n) is 26.9. The van der Waals surface area contributed by atoms with Crippen LogP contribution in [0.15, 0.2) is 249 Å². The molecule has 0 bridgehead atoms. The summed E-state index contributed by atoms with van der Waals surface area (Å²) in [5, 5.41) is 10.3. The molecule has 0 aliphatic heterocycles. The quantitative estimate of drug-likeness (QED) is 0.120. The molecule has 0 heteroatoms. The fourth-order valence-corrected chi connectivity index (χ4v) is 17.1. The first-order valence-corrected chi connectivity index (χ1v) is 33.2. The van der Waals surface area contributed by atoms with Gasteiger partial charge in [0, 0.05) is 16.2 Å². The zero-order valence-corrected chi connectivity index (χ0v) is 53.4. The van der Waals surface area contributed by atoms with Gasteiger partial charge in [0.15, 0.2) is 0 Å². The lowest BCUT2D eigenvalue weighted by molar-refractivity contribution is 0.490. The number of benzene rings is 13. The average molecular weight is 1150 g/mol. The van der Waals surface area contributed by atoms with Crippen LogP contribution < -0.4 is 0 Å². The molecule has 0 saturated carbocycles. The molecule has 0 aromatic heterocycles. The largest absolute Gasteiger partial charge is 0.0642 e. The maximum absolute atomic E-state index is 2.55. The Kier molecular flexibility index (Phi) is 13.7. The van der Waals surface area contributed by atoms with E-state index in [0.29, 0.717) is 0 Å². The van der Waals surface area contributed by atoms with Crippen LogP contribution in [0.5, 0.6) is 0 Å². The van der Waals surface area contributed by atoms with E-state index in [0.717, 1.165) is 38.5 Å². The van der Waals surface area contributed by atoms with Crippen LogP contribution in [0.25, 0.3) is 121 Å². The summed E-state index contributed by atoms with van der Waals surface area (Å²) in [5.74, 6) is 0. The van der Waals surface area contributed by atoms with Gasteiger partial charge in [-0.1, -0.05) is 269 Å². The SMILES string of the molecule is CC(C)(C)c1ccc2c(-c3ccc4ccccc4c3)c3ccccc3c(-c3ccc4ccccc4c3)c2c1.CCC1(CC)c2ccccc2-c2ccc(-c3ccc4c(c3)C(CC)(CC)c3cc(-c5ccc6c(c5)C(CC)(CC)c5ccccc5-6)ccc3-4)cc21. The fourth-order valence-electron chi connectivity index (χ4n) is 17.1. The van der Waals surface area contributed by atoms with Crippen molar-refractivity contribution < 1.29 is 0 Å². The lowest BCUT2D eigenvalue weighted by atomic mass is 9.72. The van der Waals surface area contributed by atoms with Crippen LogP contribution in [0, 0.1) is 0 Å². The minimum Gasteiger partial charge on any atom is -0.0642 e. The molecule has 0 unspecified atom stereocenters. The minimum absolute atomic E-state index is 0.0101. The molecule has 0 atom stereocenters. The van der Waals surface area contributed by atoms with Crippen LogP contribution in [0.4, 0.5) is 0 Å². The number of hydrogen-bond acceptors (Lipinski definition) is 0. The average Bonchev–Trinajstić information content (AvgIpc) is 1.63. The van der Waals surface area contributed by atoms with Gasteiger partial charge >= 0.3 is 0 Å². The molecule has 0 spiro atoms. The Morgan fingerprint density at radius 1 is 0.236 bits per heavy atom. The van der Waals surface area contributed by atoms with Crippen molar-refractivity contribution in [2.24, 2.45) is 0 Å². The summed E-state index contributed by atoms with van der Waals surface area (Å²) in [4.78, 5) is 0. The summed E-state index contributed by atoms with van der Waals surface area (Å²) >= 11 is 0. The maximum Gasteiger partial charge on any atom is 0.0210 e. The van der Waals surface area contributed by atoms with Gasteiger partial charge in [0.1, 0.15) is 0 Å². The second kappa shape index (κ2) is 21.6. The van der Waals surface area contributed by atoms with Gasteiger partial charge in [-0.15, -0.1) is 0 Å². The van der Waals surface area contributed by atoms with Crippen molar-refractivity contribution in [3.8, 4) is 77.9 Å². The van der Waals surface area contributed by atoms with E-state index in [2.05, 4.69) is 311 Å². The van der Waals surface area contributed by atoms with Crippen molar-refractivity contribution in [2.45, 2.75) is 122 Å². The van der Waals surface area contributed by atoms with Gasteiger partial charge in [0.25, 0.3) is 0 Å². The summed E-state index contributed by atoms with van der Waals surface area (Å²) in [5.41, 5.74) is 29.6. The summed E-state index contributed by atoms with van der Waals surface area (Å²) in [7, 11) is 0. The third kappa shape index (κ3) is 8.60. The van der Waals surface area contributed by atoms with Gasteiger partial charge in [-0.2, -0.15) is 0 Å². The number of fused-ring (bicyclic) bond motifs is 13. The Balaban J connectivity index is 0.000000155. The van der Waals surface area contributed by atoms with Crippen LogP contribution >= 0.6 is 0 Å². The summed E-state index contributed by atoms with van der Waals surface area (Å²) in [6.45, 7) is 21.2. The lowest BCUT2D eigenvalue weighted by Crippen LogP contribution is -2.23. The Hall–Kier alpha value is -9.10. The standard InChI is InChI=1S/C51H50.C38H30/c1-7-49(8-2)43-19-15-13-17-37(43)39-25-21-33(29-45(39)49)35-23-27-41-42-28-24-36(32-48(42)51(11-5,12-6)47(41)31-35)34-22-26-40-38-18-14-16-20-44(38)50(9-3,10-4)46(40)30-34;1-38(2,3)31-20-21-34-35(24-31)37(30-19-17-26-11-5-7-13-28(26)23-30)33-15-9-8-14-32(33)36(34)29-18-16-25-10-4-6-12-27(25)22-29/h13-32H,7-12H2,1-6H3;4-24H,1-3H3. The van der Waals surface area contributed by atoms with E-state index < -0.39 is 0 Å². The van der Waals surface area contributed by atoms with Gasteiger partial charge in [-0.25, -0.2) is 0 Å². The van der Waals surface area contributed by atoms with Gasteiger partial charge in [-0.05, 0) is 246 Å². The molecule has 13 aromatic carbocycles. The van der Waals surface area contributed by atoms with Crippen LogP contribution in [0.2, 0.25) is 0 Å². The predicted molar refractivity (Wildman–Crippen MR) is 384 cm³/mol. The Morgan fingerprint density at radius 3 is 0.921 bits per heavy atom. The Labute approximate surface area is 528 Å². The van der Waals surface area contributed by atoms with E-state index in [1.54, 1.807) is 0 Å². The molecule has 436 valence electrons. The molecule has 3 aliphatic carbocycles. The van der Waals surface area contributed by atoms with E-state index in [-0.39, 0.29) is 21.7 Å². The van der Waals surface area contributed by atoms with E-state index in [9.17, 15) is 0 Å². The second-order valence-corrected chi connectivity index (χ2v) is 26.9. The van der Waals surface area contributed by atoms with Crippen molar-refractivity contribution in [1.82, 2.24) is 0 Å². The number of hydrogen-bond donors (Lipinski definition) is 0. The highest BCUT2D eigenvalue weighted by Crippen LogP contribution is 2.58. The molecule has 0 radical (unpaired) electrons. The molecule has 3 aliphatic rings. The van der Waals surface area contributed by atoms with Crippen LogP contribution in [0.1, 0.15) is 140 Å². The predicted octanol–water partition coefficient (Wildman–Crippen LogP) is 25.2. The van der Waals surface area contributed by atoms with Crippen molar-refractivity contribution in [1.29, 1.82) is 0 Å². The van der Waals surface area contributed by atoms with E-state index in [4.69, 9.17) is 0 Å². The van der Waals surface area contributed by atoms with E-state index in [1.165, 1.54) is 160 Å². The molecule has 16 rings (SSSR count). The maximum atomic E-state index is 2.55. The van der Waals surface area contributed by atoms with Crippen molar-refractivity contribution in [3.63, 3.8) is 0 Å². The van der Waals surface area contributed by atoms with E-state index >= 15 is 0 Å². The summed E-state index contributed by atoms with van der Waals surface area (Å²) < 4.78 is 0. The molecular weight excluding hydrogens is 1070 g/mol. The van der Waals surface area contributed by atoms with Crippen molar-refractivity contribution in [2.75, 3.05) is 0 Å². The van der Waals surface area contributed by atoms with Crippen molar-refractivity contribution >= 4 is 43.1 Å². The molecule has 0 saturated heterocycles. The number of rotatable bonds is 10. The lowest BCUT2D eigenvalue weighted by Gasteiger charge is -2.31. The van der Waals surface area contributed by atoms with Crippen molar-refractivity contribution in [3.05, 3.63) is 288 Å². The third-order valence-electron chi connectivity index (χ3n) is 22.2. The zero-order chi connectivity index (χ0) is 61.0.